The molecule has 1 aromatic heterocycles. The van der Waals surface area contributed by atoms with Crippen molar-refractivity contribution in [1.29, 1.82) is 0 Å². The van der Waals surface area contributed by atoms with Crippen molar-refractivity contribution in [2.75, 3.05) is 59.4 Å². The third kappa shape index (κ3) is 5.76. The number of hydrogen-bond acceptors (Lipinski definition) is 5. The Labute approximate surface area is 210 Å². The molecule has 1 fully saturated rings. The summed E-state index contributed by atoms with van der Waals surface area (Å²) in [6, 6.07) is 13.7. The van der Waals surface area contributed by atoms with Gasteiger partial charge in [0.2, 0.25) is 0 Å². The van der Waals surface area contributed by atoms with Crippen LogP contribution in [-0.4, -0.2) is 70.4 Å². The number of aromatic amines is 1. The van der Waals surface area contributed by atoms with Crippen LogP contribution in [0.3, 0.4) is 0 Å². The summed E-state index contributed by atoms with van der Waals surface area (Å²) in [4.78, 5) is 8.50. The Morgan fingerprint density at radius 2 is 1.77 bits per heavy atom. The molecule has 2 heterocycles. The van der Waals surface area contributed by atoms with Gasteiger partial charge >= 0.3 is 0 Å². The SMILES string of the molecule is COc1ccc(-c2[nH]c3ccc(N4CCC(NCCCN(C)C)CC4)cc3c2C(C)C)cc1OC. The van der Waals surface area contributed by atoms with E-state index >= 15 is 0 Å². The number of anilines is 1. The van der Waals surface area contributed by atoms with Gasteiger partial charge < -0.3 is 29.6 Å². The zero-order valence-corrected chi connectivity index (χ0v) is 22.3. The van der Waals surface area contributed by atoms with Crippen molar-refractivity contribution < 1.29 is 9.47 Å². The third-order valence-corrected chi connectivity index (χ3v) is 7.15. The number of ether oxygens (including phenoxy) is 2. The summed E-state index contributed by atoms with van der Waals surface area (Å²) in [5, 5.41) is 5.08. The first-order valence-corrected chi connectivity index (χ1v) is 12.9. The van der Waals surface area contributed by atoms with E-state index in [4.69, 9.17) is 9.47 Å². The molecule has 1 aliphatic heterocycles. The van der Waals surface area contributed by atoms with E-state index in [1.165, 1.54) is 41.4 Å². The van der Waals surface area contributed by atoms with Crippen LogP contribution < -0.4 is 19.7 Å². The summed E-state index contributed by atoms with van der Waals surface area (Å²) in [6.07, 6.45) is 3.60. The molecule has 0 unspecified atom stereocenters. The van der Waals surface area contributed by atoms with Crippen molar-refractivity contribution >= 4 is 16.6 Å². The van der Waals surface area contributed by atoms with Gasteiger partial charge in [0.15, 0.2) is 11.5 Å². The van der Waals surface area contributed by atoms with Crippen LogP contribution in [0.4, 0.5) is 5.69 Å². The molecule has 35 heavy (non-hydrogen) atoms. The minimum absolute atomic E-state index is 0.388. The number of nitrogens with one attached hydrogen (secondary N) is 2. The largest absolute Gasteiger partial charge is 0.493 e. The highest BCUT2D eigenvalue weighted by Gasteiger charge is 2.22. The van der Waals surface area contributed by atoms with Crippen LogP contribution in [-0.2, 0) is 0 Å². The molecule has 0 aliphatic carbocycles. The number of aromatic nitrogens is 1. The van der Waals surface area contributed by atoms with Crippen LogP contribution >= 0.6 is 0 Å². The Bertz CT molecular complexity index is 1110. The molecule has 3 aromatic rings. The van der Waals surface area contributed by atoms with Crippen LogP contribution in [0, 0.1) is 0 Å². The molecule has 0 bridgehead atoms. The maximum atomic E-state index is 5.57. The maximum absolute atomic E-state index is 5.57. The maximum Gasteiger partial charge on any atom is 0.161 e. The number of piperidine rings is 1. The molecule has 6 nitrogen and oxygen atoms in total. The summed E-state index contributed by atoms with van der Waals surface area (Å²) in [6.45, 7) is 8.99. The molecule has 1 aliphatic rings. The number of nitrogens with zero attached hydrogens (tertiary/aromatic N) is 2. The van der Waals surface area contributed by atoms with E-state index in [0.29, 0.717) is 12.0 Å². The number of hydrogen-bond donors (Lipinski definition) is 2. The molecule has 0 radical (unpaired) electrons. The molecule has 2 aromatic carbocycles. The second-order valence-electron chi connectivity index (χ2n) is 10.2. The van der Waals surface area contributed by atoms with E-state index in [9.17, 15) is 0 Å². The van der Waals surface area contributed by atoms with E-state index in [1.54, 1.807) is 14.2 Å². The average Bonchev–Trinajstić information content (AvgIpc) is 3.25. The Balaban J connectivity index is 1.53. The molecule has 1 saturated heterocycles. The lowest BCUT2D eigenvalue weighted by Crippen LogP contribution is -2.43. The minimum atomic E-state index is 0.388. The molecule has 0 atom stereocenters. The van der Waals surface area contributed by atoms with Crippen molar-refractivity contribution in [2.45, 2.75) is 45.1 Å². The normalized spacial score (nSPS) is 14.9. The van der Waals surface area contributed by atoms with Crippen molar-refractivity contribution in [3.8, 4) is 22.8 Å². The Hall–Kier alpha value is -2.70. The summed E-state index contributed by atoms with van der Waals surface area (Å²) >= 11 is 0. The van der Waals surface area contributed by atoms with Crippen LogP contribution in [0.5, 0.6) is 11.5 Å². The standard InChI is InChI=1S/C29H42N4O2/c1-20(2)28-24-19-23(33-16-12-22(13-17-33)30-14-7-15-32(3)4)9-10-25(24)31-29(28)21-8-11-26(34-5)27(18-21)35-6/h8-11,18-20,22,30-31H,7,12-17H2,1-6H3. The summed E-state index contributed by atoms with van der Waals surface area (Å²) in [7, 11) is 7.64. The molecular formula is C29H42N4O2. The number of H-pyrrole nitrogens is 1. The van der Waals surface area contributed by atoms with E-state index in [-0.39, 0.29) is 0 Å². The van der Waals surface area contributed by atoms with Crippen molar-refractivity contribution in [1.82, 2.24) is 15.2 Å². The van der Waals surface area contributed by atoms with E-state index in [0.717, 1.165) is 48.9 Å². The number of fused-ring (bicyclic) bond motifs is 1. The van der Waals surface area contributed by atoms with Crippen LogP contribution in [0.1, 0.15) is 44.6 Å². The number of benzene rings is 2. The Morgan fingerprint density at radius 1 is 1.03 bits per heavy atom. The lowest BCUT2D eigenvalue weighted by Gasteiger charge is -2.34. The van der Waals surface area contributed by atoms with Crippen molar-refractivity contribution in [3.63, 3.8) is 0 Å². The topological polar surface area (TPSA) is 52.8 Å². The van der Waals surface area contributed by atoms with Gasteiger partial charge in [-0.15, -0.1) is 0 Å². The van der Waals surface area contributed by atoms with Gasteiger partial charge in [-0.05, 0) is 94.3 Å². The highest BCUT2D eigenvalue weighted by molar-refractivity contribution is 5.93. The Morgan fingerprint density at radius 3 is 2.43 bits per heavy atom. The fraction of sp³-hybridized carbons (Fsp3) is 0.517. The van der Waals surface area contributed by atoms with Gasteiger partial charge in [0.05, 0.1) is 19.9 Å². The van der Waals surface area contributed by atoms with Crippen LogP contribution in [0.15, 0.2) is 36.4 Å². The van der Waals surface area contributed by atoms with E-state index < -0.39 is 0 Å². The average molecular weight is 479 g/mol. The summed E-state index contributed by atoms with van der Waals surface area (Å²) < 4.78 is 11.0. The van der Waals surface area contributed by atoms with Gasteiger partial charge in [0.25, 0.3) is 0 Å². The van der Waals surface area contributed by atoms with Gasteiger partial charge in [-0.3, -0.25) is 0 Å². The highest BCUT2D eigenvalue weighted by Crippen LogP contribution is 2.40. The summed E-state index contributed by atoms with van der Waals surface area (Å²) in [5.74, 6) is 1.88. The zero-order chi connectivity index (χ0) is 24.9. The van der Waals surface area contributed by atoms with Gasteiger partial charge in [-0.25, -0.2) is 0 Å². The lowest BCUT2D eigenvalue weighted by atomic mass is 9.95. The molecule has 2 N–H and O–H groups in total. The minimum Gasteiger partial charge on any atom is -0.493 e. The molecular weight excluding hydrogens is 436 g/mol. The van der Waals surface area contributed by atoms with E-state index in [1.807, 2.05) is 6.07 Å². The molecule has 4 rings (SSSR count). The highest BCUT2D eigenvalue weighted by atomic mass is 16.5. The molecule has 190 valence electrons. The zero-order valence-electron chi connectivity index (χ0n) is 22.3. The predicted molar refractivity (Wildman–Crippen MR) is 147 cm³/mol. The van der Waals surface area contributed by atoms with Gasteiger partial charge in [-0.2, -0.15) is 0 Å². The molecule has 0 saturated carbocycles. The fourth-order valence-electron chi connectivity index (χ4n) is 5.26. The lowest BCUT2D eigenvalue weighted by molar-refractivity contribution is 0.355. The third-order valence-electron chi connectivity index (χ3n) is 7.15. The van der Waals surface area contributed by atoms with Gasteiger partial charge in [-0.1, -0.05) is 13.8 Å². The number of methoxy groups -OCH3 is 2. The second kappa shape index (κ2) is 11.4. The molecule has 0 spiro atoms. The quantitative estimate of drug-likeness (QED) is 0.378. The van der Waals surface area contributed by atoms with Crippen LogP contribution in [0.25, 0.3) is 22.2 Å². The van der Waals surface area contributed by atoms with Crippen LogP contribution in [0.2, 0.25) is 0 Å². The molecule has 6 heteroatoms. The first kappa shape index (κ1) is 25.4. The van der Waals surface area contributed by atoms with Gasteiger partial charge in [0.1, 0.15) is 0 Å². The Kier molecular flexibility index (Phi) is 8.24. The monoisotopic (exact) mass is 478 g/mol. The fourth-order valence-corrected chi connectivity index (χ4v) is 5.26. The first-order chi connectivity index (χ1) is 16.9. The predicted octanol–water partition coefficient (Wildman–Crippen LogP) is 5.49. The number of rotatable bonds is 10. The van der Waals surface area contributed by atoms with Crippen molar-refractivity contribution in [3.05, 3.63) is 42.0 Å². The first-order valence-electron chi connectivity index (χ1n) is 12.9. The van der Waals surface area contributed by atoms with Crippen molar-refractivity contribution in [2.24, 2.45) is 0 Å². The summed E-state index contributed by atoms with van der Waals surface area (Å²) in [5.41, 5.74) is 6.13. The van der Waals surface area contributed by atoms with E-state index in [2.05, 4.69) is 78.4 Å². The second-order valence-corrected chi connectivity index (χ2v) is 10.2. The molecule has 0 amide bonds. The smallest absolute Gasteiger partial charge is 0.161 e. The van der Waals surface area contributed by atoms with Gasteiger partial charge in [0, 0.05) is 41.3 Å².